The van der Waals surface area contributed by atoms with Crippen molar-refractivity contribution in [3.05, 3.63) is 35.1 Å². The third-order valence-corrected chi connectivity index (χ3v) is 10.3. The van der Waals surface area contributed by atoms with E-state index in [0.29, 0.717) is 12.1 Å². The van der Waals surface area contributed by atoms with Crippen molar-refractivity contribution in [3.63, 3.8) is 0 Å². The van der Waals surface area contributed by atoms with Crippen LogP contribution in [0.15, 0.2) is 21.4 Å². The fourth-order valence-corrected chi connectivity index (χ4v) is 7.46. The Bertz CT molecular complexity index is 1550. The van der Waals surface area contributed by atoms with Crippen LogP contribution in [0.5, 0.6) is 0 Å². The molecule has 15 heteroatoms. The van der Waals surface area contributed by atoms with E-state index in [0.717, 1.165) is 55.6 Å². The van der Waals surface area contributed by atoms with Crippen molar-refractivity contribution in [2.45, 2.75) is 89.5 Å². The SMILES string of the molecule is CC[C@@H](CF)NS(=O)(=O)c1ccc(-c2sc(-c3nnc(CC(C)(C)C(=O)O)o3)nc2CC2CCCCC2)c(C(F)F)c1F. The molecule has 0 radical (unpaired) electrons. The van der Waals surface area contributed by atoms with Gasteiger partial charge in [0.05, 0.1) is 27.6 Å². The molecule has 2 aromatic heterocycles. The Morgan fingerprint density at radius 2 is 1.91 bits per heavy atom. The van der Waals surface area contributed by atoms with Crippen LogP contribution in [0.4, 0.5) is 17.6 Å². The molecule has 1 aliphatic carbocycles. The van der Waals surface area contributed by atoms with Gasteiger partial charge < -0.3 is 9.52 Å². The van der Waals surface area contributed by atoms with Gasteiger partial charge in [0, 0.05) is 12.0 Å². The molecule has 1 aliphatic rings. The average Bonchev–Trinajstić information content (AvgIpc) is 3.58. The van der Waals surface area contributed by atoms with Crippen LogP contribution in [0.1, 0.15) is 82.9 Å². The highest BCUT2D eigenvalue weighted by Crippen LogP contribution is 2.43. The van der Waals surface area contributed by atoms with E-state index in [1.807, 2.05) is 4.72 Å². The Labute approximate surface area is 251 Å². The molecule has 0 spiro atoms. The van der Waals surface area contributed by atoms with E-state index < -0.39 is 56.8 Å². The highest BCUT2D eigenvalue weighted by Gasteiger charge is 2.33. The number of sulfonamides is 1. The van der Waals surface area contributed by atoms with Crippen molar-refractivity contribution >= 4 is 27.3 Å². The van der Waals surface area contributed by atoms with Crippen molar-refractivity contribution in [2.24, 2.45) is 11.3 Å². The molecule has 236 valence electrons. The minimum absolute atomic E-state index is 0.0448. The zero-order valence-corrected chi connectivity index (χ0v) is 25.6. The number of rotatable bonds is 13. The number of benzene rings is 1. The number of halogens is 4. The third-order valence-electron chi connectivity index (χ3n) is 7.62. The third kappa shape index (κ3) is 7.43. The smallest absolute Gasteiger partial charge is 0.309 e. The van der Waals surface area contributed by atoms with Gasteiger partial charge in [-0.25, -0.2) is 35.7 Å². The summed E-state index contributed by atoms with van der Waals surface area (Å²) in [4.78, 5) is 15.4. The van der Waals surface area contributed by atoms with Crippen molar-refractivity contribution in [3.8, 4) is 21.3 Å². The number of hydrogen-bond donors (Lipinski definition) is 2. The summed E-state index contributed by atoms with van der Waals surface area (Å²) >= 11 is 0.925. The zero-order chi connectivity index (χ0) is 31.5. The van der Waals surface area contributed by atoms with E-state index in [1.165, 1.54) is 20.8 Å². The number of alkyl halides is 3. The Hall–Kier alpha value is -2.91. The summed E-state index contributed by atoms with van der Waals surface area (Å²) in [6.45, 7) is 3.49. The largest absolute Gasteiger partial charge is 0.481 e. The summed E-state index contributed by atoms with van der Waals surface area (Å²) in [6, 6.07) is 0.878. The summed E-state index contributed by atoms with van der Waals surface area (Å²) < 4.78 is 91.2. The van der Waals surface area contributed by atoms with Crippen LogP contribution in [0.25, 0.3) is 21.3 Å². The molecule has 1 saturated carbocycles. The molecule has 0 saturated heterocycles. The Morgan fingerprint density at radius 1 is 1.21 bits per heavy atom. The predicted molar refractivity (Wildman–Crippen MR) is 152 cm³/mol. The standard InChI is InChI=1S/C28H34F4N4O5S2/c1-4-16(14-29)36-43(39,40)19-11-10-17(21(22(19)30)24(31)32)23-18(12-15-8-6-5-7-9-15)33-26(42-23)25-35-34-20(41-25)13-28(2,3)27(37)38/h10-11,15-16,24,36H,4-9,12-14H2,1-3H3,(H,37,38)/t16-/m0/s1. The van der Waals surface area contributed by atoms with Crippen LogP contribution < -0.4 is 4.72 Å². The molecular formula is C28H34F4N4O5S2. The first-order valence-electron chi connectivity index (χ1n) is 14.0. The van der Waals surface area contributed by atoms with Gasteiger partial charge in [-0.3, -0.25) is 4.79 Å². The first-order valence-corrected chi connectivity index (χ1v) is 16.3. The topological polar surface area (TPSA) is 135 Å². The van der Waals surface area contributed by atoms with Crippen LogP contribution in [0, 0.1) is 17.2 Å². The molecule has 4 rings (SSSR count). The zero-order valence-electron chi connectivity index (χ0n) is 24.0. The number of thiazole rings is 1. The number of hydrogen-bond acceptors (Lipinski definition) is 8. The quantitative estimate of drug-likeness (QED) is 0.195. The van der Waals surface area contributed by atoms with Gasteiger partial charge in [-0.1, -0.05) is 45.1 Å². The maximum atomic E-state index is 15.7. The van der Waals surface area contributed by atoms with Gasteiger partial charge >= 0.3 is 5.97 Å². The molecule has 1 aromatic carbocycles. The Kier molecular flexibility index (Phi) is 10.3. The molecule has 0 bridgehead atoms. The van der Waals surface area contributed by atoms with Gasteiger partial charge in [0.15, 0.2) is 10.8 Å². The molecule has 1 fully saturated rings. The molecule has 9 nitrogen and oxygen atoms in total. The van der Waals surface area contributed by atoms with Crippen LogP contribution in [0.3, 0.4) is 0 Å². The first-order chi connectivity index (χ1) is 20.3. The molecule has 1 atom stereocenters. The Balaban J connectivity index is 1.80. The number of aromatic nitrogens is 3. The summed E-state index contributed by atoms with van der Waals surface area (Å²) in [5, 5.41) is 17.5. The van der Waals surface area contributed by atoms with E-state index in [9.17, 15) is 31.5 Å². The molecule has 0 unspecified atom stereocenters. The molecule has 2 N–H and O–H groups in total. The highest BCUT2D eigenvalue weighted by molar-refractivity contribution is 7.89. The summed E-state index contributed by atoms with van der Waals surface area (Å²) in [5.41, 5.74) is -2.10. The maximum Gasteiger partial charge on any atom is 0.309 e. The van der Waals surface area contributed by atoms with Gasteiger partial charge in [-0.2, -0.15) is 0 Å². The maximum absolute atomic E-state index is 15.7. The molecular weight excluding hydrogens is 612 g/mol. The molecule has 3 aromatic rings. The van der Waals surface area contributed by atoms with Crippen LogP contribution in [-0.4, -0.2) is 47.4 Å². The second-order valence-corrected chi connectivity index (χ2v) is 14.1. The van der Waals surface area contributed by atoms with Crippen LogP contribution >= 0.6 is 11.3 Å². The van der Waals surface area contributed by atoms with Gasteiger partial charge in [0.2, 0.25) is 15.9 Å². The lowest BCUT2D eigenvalue weighted by Gasteiger charge is -2.21. The van der Waals surface area contributed by atoms with Gasteiger partial charge in [0.25, 0.3) is 12.3 Å². The van der Waals surface area contributed by atoms with Gasteiger partial charge in [-0.15, -0.1) is 21.5 Å². The normalized spacial score (nSPS) is 15.7. The van der Waals surface area contributed by atoms with Crippen LogP contribution in [0.2, 0.25) is 0 Å². The summed E-state index contributed by atoms with van der Waals surface area (Å²) in [5.74, 6) is -2.46. The second kappa shape index (κ2) is 13.4. The lowest BCUT2D eigenvalue weighted by atomic mass is 9.85. The molecule has 0 amide bonds. The van der Waals surface area contributed by atoms with Crippen molar-refractivity contribution in [1.29, 1.82) is 0 Å². The average molecular weight is 647 g/mol. The number of aliphatic carboxylic acids is 1. The molecule has 43 heavy (non-hydrogen) atoms. The van der Waals surface area contributed by atoms with Crippen molar-refractivity contribution < 1.29 is 40.3 Å². The number of nitrogens with one attached hydrogen (secondary N) is 1. The minimum Gasteiger partial charge on any atom is -0.481 e. The lowest BCUT2D eigenvalue weighted by Crippen LogP contribution is -2.36. The number of carboxylic acids is 1. The summed E-state index contributed by atoms with van der Waals surface area (Å²) in [6.07, 6.45) is 1.99. The number of nitrogens with zero attached hydrogens (tertiary/aromatic N) is 3. The fourth-order valence-electron chi connectivity index (χ4n) is 5.02. The van der Waals surface area contributed by atoms with Gasteiger partial charge in [-0.05, 0) is 38.7 Å². The van der Waals surface area contributed by atoms with E-state index in [4.69, 9.17) is 4.42 Å². The van der Waals surface area contributed by atoms with Crippen molar-refractivity contribution in [2.75, 3.05) is 6.67 Å². The van der Waals surface area contributed by atoms with E-state index in [2.05, 4.69) is 15.2 Å². The minimum atomic E-state index is -4.64. The first kappa shape index (κ1) is 33.0. The lowest BCUT2D eigenvalue weighted by molar-refractivity contribution is -0.147. The predicted octanol–water partition coefficient (Wildman–Crippen LogP) is 6.74. The molecule has 0 aliphatic heterocycles. The number of carbonyl (C=O) groups is 1. The number of carboxylic acid groups (broad SMARTS) is 1. The van der Waals surface area contributed by atoms with E-state index in [1.54, 1.807) is 0 Å². The van der Waals surface area contributed by atoms with E-state index in [-0.39, 0.29) is 46.0 Å². The van der Waals surface area contributed by atoms with E-state index >= 15 is 4.39 Å². The fraction of sp³-hybridized carbons (Fsp3) is 0.571. The monoisotopic (exact) mass is 646 g/mol. The Morgan fingerprint density at radius 3 is 2.51 bits per heavy atom. The second-order valence-electron chi connectivity index (χ2n) is 11.4. The summed E-state index contributed by atoms with van der Waals surface area (Å²) in [7, 11) is -4.64. The van der Waals surface area contributed by atoms with Crippen LogP contribution in [-0.2, 0) is 27.7 Å². The highest BCUT2D eigenvalue weighted by atomic mass is 32.2. The molecule has 2 heterocycles. The van der Waals surface area contributed by atoms with Crippen molar-refractivity contribution in [1.82, 2.24) is 19.9 Å². The van der Waals surface area contributed by atoms with Gasteiger partial charge in [0.1, 0.15) is 11.6 Å².